The second-order valence-corrected chi connectivity index (χ2v) is 14.6. The molecule has 6 heterocycles. The molecule has 0 bridgehead atoms. The lowest BCUT2D eigenvalue weighted by atomic mass is 9.94. The van der Waals surface area contributed by atoms with E-state index < -0.39 is 28.9 Å². The first kappa shape index (κ1) is 38.0. The fourth-order valence-electron chi connectivity index (χ4n) is 7.42. The highest BCUT2D eigenvalue weighted by Gasteiger charge is 2.44. The Bertz CT molecular complexity index is 1900. The minimum Gasteiger partial charge on any atom is -0.467 e. The van der Waals surface area contributed by atoms with Gasteiger partial charge in [0.1, 0.15) is 5.82 Å². The van der Waals surface area contributed by atoms with Gasteiger partial charge in [0.05, 0.1) is 53.4 Å². The normalized spacial score (nSPS) is 21.5. The number of carbonyl (C=O) groups excluding carboxylic acids is 1. The molecule has 2 N–H and O–H groups in total. The molecule has 2 unspecified atom stereocenters. The molecule has 2 atom stereocenters. The summed E-state index contributed by atoms with van der Waals surface area (Å²) in [4.78, 5) is 27.2. The summed E-state index contributed by atoms with van der Waals surface area (Å²) in [6.45, 7) is 4.91. The highest BCUT2D eigenvalue weighted by atomic mass is 35.5. The van der Waals surface area contributed by atoms with Crippen molar-refractivity contribution in [1.29, 1.82) is 0 Å². The molecule has 4 aliphatic rings. The van der Waals surface area contributed by atoms with Gasteiger partial charge in [0, 0.05) is 62.5 Å². The second kappa shape index (κ2) is 14.6. The molecule has 0 radical (unpaired) electrons. The molecule has 2 aromatic heterocycles. The zero-order valence-electron chi connectivity index (χ0n) is 29.1. The van der Waals surface area contributed by atoms with Gasteiger partial charge in [-0.3, -0.25) is 14.4 Å². The third-order valence-electron chi connectivity index (χ3n) is 10.0. The topological polar surface area (TPSA) is 115 Å². The summed E-state index contributed by atoms with van der Waals surface area (Å²) in [6.07, 6.45) is -3.67. The van der Waals surface area contributed by atoms with E-state index in [0.29, 0.717) is 60.8 Å². The minimum absolute atomic E-state index is 0.0120. The molecule has 1 aromatic carbocycles. The van der Waals surface area contributed by atoms with Gasteiger partial charge in [0.2, 0.25) is 0 Å². The third-order valence-corrected chi connectivity index (χ3v) is 10.7. The Morgan fingerprint density at radius 1 is 1.12 bits per heavy atom. The molecule has 0 saturated carbocycles. The van der Waals surface area contributed by atoms with Gasteiger partial charge in [-0.1, -0.05) is 23.2 Å². The zero-order chi connectivity index (χ0) is 37.7. The van der Waals surface area contributed by atoms with Gasteiger partial charge in [-0.25, -0.2) is 0 Å². The van der Waals surface area contributed by atoms with E-state index in [2.05, 4.69) is 26.9 Å². The molecule has 282 valence electrons. The van der Waals surface area contributed by atoms with E-state index in [1.54, 1.807) is 18.8 Å². The SMILES string of the molecule is CC12CCCN1CC(=C(F)F)C2.COc1nc2c(c(N3CCCn4nc(C(=O)N(C)C)c(Cl)c4C3)n1)COC(c1cc(N)cc(Cl)c1C(F)(F)F)C2. The van der Waals surface area contributed by atoms with Gasteiger partial charge < -0.3 is 25.0 Å². The Morgan fingerprint density at radius 3 is 2.52 bits per heavy atom. The van der Waals surface area contributed by atoms with Crippen molar-refractivity contribution in [2.75, 3.05) is 51.5 Å². The van der Waals surface area contributed by atoms with Crippen LogP contribution in [0.15, 0.2) is 23.8 Å². The number of rotatable bonds is 4. The first-order chi connectivity index (χ1) is 24.5. The van der Waals surface area contributed by atoms with Crippen molar-refractivity contribution in [3.63, 3.8) is 0 Å². The van der Waals surface area contributed by atoms with E-state index in [9.17, 15) is 26.7 Å². The van der Waals surface area contributed by atoms with Crippen LogP contribution in [0.3, 0.4) is 0 Å². The number of hydrogen-bond donors (Lipinski definition) is 1. The van der Waals surface area contributed by atoms with Crippen molar-refractivity contribution in [3.05, 3.63) is 67.6 Å². The molecule has 3 aromatic rings. The summed E-state index contributed by atoms with van der Waals surface area (Å²) in [5, 5.41) is 4.20. The molecule has 7 rings (SSSR count). The van der Waals surface area contributed by atoms with Crippen LogP contribution >= 0.6 is 23.2 Å². The summed E-state index contributed by atoms with van der Waals surface area (Å²) in [5.41, 5.74) is 7.11. The molecule has 2 saturated heterocycles. The van der Waals surface area contributed by atoms with Crippen LogP contribution in [0.4, 0.5) is 33.5 Å². The summed E-state index contributed by atoms with van der Waals surface area (Å²) >= 11 is 12.6. The highest BCUT2D eigenvalue weighted by Crippen LogP contribution is 2.45. The number of anilines is 2. The molecule has 18 heteroatoms. The van der Waals surface area contributed by atoms with Crippen molar-refractivity contribution in [3.8, 4) is 6.01 Å². The number of carbonyl (C=O) groups is 1. The standard InChI is InChI=1S/C25H26Cl2F3N7O3.C9H13F2N/c1-35(2)23(38)21-20(27)17-10-36(5-4-6-37(17)34-21)22-14-11-40-18(9-16(14)32-24(33-22)39-3)13-7-12(31)8-15(26)19(13)25(28,29)30;1-9-3-2-4-12(9)6-7(5-9)8(10)11/h7-8,18H,4-6,9-11,31H2,1-3H3;2-6H2,1H3. The number of aromatic nitrogens is 4. The van der Waals surface area contributed by atoms with Crippen molar-refractivity contribution in [2.24, 2.45) is 0 Å². The lowest BCUT2D eigenvalue weighted by Gasteiger charge is -2.31. The van der Waals surface area contributed by atoms with E-state index >= 15 is 0 Å². The summed E-state index contributed by atoms with van der Waals surface area (Å²) in [5.74, 6) is 0.200. The average Bonchev–Trinajstić information content (AvgIpc) is 3.64. The van der Waals surface area contributed by atoms with E-state index in [-0.39, 0.29) is 59.0 Å². The van der Waals surface area contributed by atoms with Crippen LogP contribution in [0.2, 0.25) is 10.0 Å². The Kier molecular flexibility index (Phi) is 10.7. The highest BCUT2D eigenvalue weighted by molar-refractivity contribution is 6.34. The molecule has 2 fully saturated rings. The fraction of sp³-hybridized carbons (Fsp3) is 0.529. The third kappa shape index (κ3) is 7.39. The monoisotopic (exact) mass is 772 g/mol. The number of nitrogens with two attached hydrogens (primary N) is 1. The number of ether oxygens (including phenoxy) is 2. The minimum atomic E-state index is -4.71. The van der Waals surface area contributed by atoms with Gasteiger partial charge in [0.15, 0.2) is 5.69 Å². The number of nitrogen functional groups attached to an aromatic ring is 1. The van der Waals surface area contributed by atoms with E-state index in [0.717, 1.165) is 25.5 Å². The first-order valence-corrected chi connectivity index (χ1v) is 17.5. The maximum atomic E-state index is 13.9. The molecular formula is C34H39Cl2F5N8O3. The lowest BCUT2D eigenvalue weighted by Crippen LogP contribution is -2.34. The zero-order valence-corrected chi connectivity index (χ0v) is 30.6. The summed E-state index contributed by atoms with van der Waals surface area (Å²) in [6, 6.07) is 2.36. The molecule has 52 heavy (non-hydrogen) atoms. The van der Waals surface area contributed by atoms with E-state index in [1.165, 1.54) is 18.1 Å². The number of fused-ring (bicyclic) bond motifs is 3. The summed E-state index contributed by atoms with van der Waals surface area (Å²) < 4.78 is 79.4. The number of hydrogen-bond acceptors (Lipinski definition) is 9. The maximum Gasteiger partial charge on any atom is 0.418 e. The Morgan fingerprint density at radius 2 is 1.87 bits per heavy atom. The van der Waals surface area contributed by atoms with Crippen LogP contribution in [-0.4, -0.2) is 81.8 Å². The van der Waals surface area contributed by atoms with Crippen LogP contribution < -0.4 is 15.4 Å². The van der Waals surface area contributed by atoms with Crippen LogP contribution in [0.25, 0.3) is 0 Å². The molecule has 0 spiro atoms. The smallest absolute Gasteiger partial charge is 0.418 e. The van der Waals surface area contributed by atoms with Gasteiger partial charge in [0.25, 0.3) is 12.0 Å². The van der Waals surface area contributed by atoms with Crippen molar-refractivity contribution >= 4 is 40.6 Å². The molecule has 0 aliphatic carbocycles. The Hall–Kier alpha value is -3.73. The number of halogens is 7. The first-order valence-electron chi connectivity index (χ1n) is 16.7. The number of benzene rings is 1. The Balaban J connectivity index is 0.000000325. The van der Waals surface area contributed by atoms with Crippen LogP contribution in [0, 0.1) is 0 Å². The molecule has 1 amide bonds. The molecular weight excluding hydrogens is 734 g/mol. The largest absolute Gasteiger partial charge is 0.467 e. The number of methoxy groups -OCH3 is 1. The van der Waals surface area contributed by atoms with Crippen molar-refractivity contribution < 1.29 is 36.2 Å². The Labute approximate surface area is 307 Å². The van der Waals surface area contributed by atoms with E-state index in [1.807, 2.05) is 4.90 Å². The van der Waals surface area contributed by atoms with Gasteiger partial charge in [-0.05, 0) is 56.8 Å². The predicted molar refractivity (Wildman–Crippen MR) is 185 cm³/mol. The number of alkyl halides is 3. The average molecular weight is 774 g/mol. The van der Waals surface area contributed by atoms with Gasteiger partial charge in [-0.15, -0.1) is 0 Å². The van der Waals surface area contributed by atoms with Crippen molar-refractivity contribution in [2.45, 2.75) is 76.5 Å². The lowest BCUT2D eigenvalue weighted by molar-refractivity contribution is -0.139. The maximum absolute atomic E-state index is 13.9. The second-order valence-electron chi connectivity index (χ2n) is 13.8. The fourth-order valence-corrected chi connectivity index (χ4v) is 8.04. The molecule has 11 nitrogen and oxygen atoms in total. The molecule has 4 aliphatic heterocycles. The van der Waals surface area contributed by atoms with Crippen molar-refractivity contribution in [1.82, 2.24) is 29.5 Å². The van der Waals surface area contributed by atoms with Crippen LogP contribution in [0.5, 0.6) is 6.01 Å². The summed E-state index contributed by atoms with van der Waals surface area (Å²) in [7, 11) is 4.66. The van der Waals surface area contributed by atoms with Gasteiger partial charge in [-0.2, -0.15) is 37.0 Å². The van der Waals surface area contributed by atoms with Crippen LogP contribution in [0.1, 0.15) is 77.3 Å². The number of aryl methyl sites for hydroxylation is 1. The van der Waals surface area contributed by atoms with E-state index in [4.69, 9.17) is 38.4 Å². The number of amides is 1. The quantitative estimate of drug-likeness (QED) is 0.223. The van der Waals surface area contributed by atoms with Gasteiger partial charge >= 0.3 is 12.2 Å². The number of nitrogens with zero attached hydrogens (tertiary/aromatic N) is 7. The van der Waals surface area contributed by atoms with Crippen LogP contribution in [-0.2, 0) is 37.0 Å². The predicted octanol–water partition coefficient (Wildman–Crippen LogP) is 6.91.